The normalized spacial score (nSPS) is 10.7. The van der Waals surface area contributed by atoms with E-state index in [1.807, 2.05) is 55.7 Å². The minimum absolute atomic E-state index is 0. The largest absolute Gasteiger partial charge is 0.357 e. The molecule has 0 unspecified atom stereocenters. The summed E-state index contributed by atoms with van der Waals surface area (Å²) in [4.78, 5) is 16.1. The van der Waals surface area contributed by atoms with Crippen LogP contribution in [-0.4, -0.2) is 36.6 Å². The molecule has 1 amide bonds. The third kappa shape index (κ3) is 7.16. The first-order valence-electron chi connectivity index (χ1n) is 8.17. The summed E-state index contributed by atoms with van der Waals surface area (Å²) in [5.74, 6) is 0.713. The zero-order valence-corrected chi connectivity index (χ0v) is 17.0. The molecule has 2 rings (SSSR count). The van der Waals surface area contributed by atoms with Gasteiger partial charge in [-0.25, -0.2) is 4.99 Å². The standard InChI is InChI=1S/C18H25N5O.HI/c1-3-20-18(21-10-13-23-11-4-5-12-23)22-14-15-6-8-16(9-7-15)17(24)19-2;/h4-9,11-12H,3,10,13-14H2,1-2H3,(H,19,24)(H2,20,21,22);1H. The van der Waals surface area contributed by atoms with Crippen molar-refractivity contribution in [1.29, 1.82) is 0 Å². The minimum atomic E-state index is -0.0786. The Hall–Kier alpha value is -2.03. The molecule has 2 aromatic rings. The van der Waals surface area contributed by atoms with Gasteiger partial charge in [0.1, 0.15) is 0 Å². The summed E-state index contributed by atoms with van der Waals surface area (Å²) >= 11 is 0. The number of halogens is 1. The van der Waals surface area contributed by atoms with Gasteiger partial charge >= 0.3 is 0 Å². The van der Waals surface area contributed by atoms with Crippen LogP contribution in [0.15, 0.2) is 53.8 Å². The number of nitrogens with one attached hydrogen (secondary N) is 3. The molecule has 0 atom stereocenters. The topological polar surface area (TPSA) is 70.4 Å². The lowest BCUT2D eigenvalue weighted by molar-refractivity contribution is 0.0963. The van der Waals surface area contributed by atoms with Crippen LogP contribution in [0.25, 0.3) is 0 Å². The van der Waals surface area contributed by atoms with Crippen LogP contribution in [0.4, 0.5) is 0 Å². The van der Waals surface area contributed by atoms with E-state index >= 15 is 0 Å². The second-order valence-corrected chi connectivity index (χ2v) is 5.32. The van der Waals surface area contributed by atoms with Gasteiger partial charge in [-0.15, -0.1) is 24.0 Å². The molecular weight excluding hydrogens is 429 g/mol. The quantitative estimate of drug-likeness (QED) is 0.341. The van der Waals surface area contributed by atoms with Crippen molar-refractivity contribution >= 4 is 35.8 Å². The highest BCUT2D eigenvalue weighted by atomic mass is 127. The van der Waals surface area contributed by atoms with E-state index in [9.17, 15) is 4.79 Å². The Labute approximate surface area is 166 Å². The number of aromatic nitrogens is 1. The molecule has 25 heavy (non-hydrogen) atoms. The predicted octanol–water partition coefficient (Wildman–Crippen LogP) is 2.22. The van der Waals surface area contributed by atoms with Crippen LogP contribution in [0.3, 0.4) is 0 Å². The summed E-state index contributed by atoms with van der Waals surface area (Å²) in [6, 6.07) is 11.5. The number of aliphatic imine (C=N–C) groups is 1. The van der Waals surface area contributed by atoms with Crippen molar-refractivity contribution < 1.29 is 4.79 Å². The van der Waals surface area contributed by atoms with E-state index in [0.717, 1.165) is 31.2 Å². The average molecular weight is 455 g/mol. The number of carbonyl (C=O) groups is 1. The summed E-state index contributed by atoms with van der Waals surface area (Å²) < 4.78 is 2.12. The summed E-state index contributed by atoms with van der Waals surface area (Å²) in [7, 11) is 1.63. The zero-order chi connectivity index (χ0) is 17.2. The number of carbonyl (C=O) groups excluding carboxylic acids is 1. The third-order valence-corrected chi connectivity index (χ3v) is 3.54. The van der Waals surface area contributed by atoms with Crippen LogP contribution >= 0.6 is 24.0 Å². The van der Waals surface area contributed by atoms with Gasteiger partial charge < -0.3 is 20.5 Å². The van der Waals surface area contributed by atoms with Gasteiger partial charge in [0, 0.05) is 44.6 Å². The van der Waals surface area contributed by atoms with E-state index in [-0.39, 0.29) is 29.9 Å². The summed E-state index contributed by atoms with van der Waals surface area (Å²) in [5, 5.41) is 9.17. The fourth-order valence-electron chi connectivity index (χ4n) is 2.24. The van der Waals surface area contributed by atoms with Crippen LogP contribution in [0, 0.1) is 0 Å². The van der Waals surface area contributed by atoms with E-state index in [0.29, 0.717) is 12.1 Å². The molecule has 7 heteroatoms. The van der Waals surface area contributed by atoms with Gasteiger partial charge in [0.05, 0.1) is 6.54 Å². The summed E-state index contributed by atoms with van der Waals surface area (Å²) in [6.45, 7) is 5.10. The number of benzene rings is 1. The average Bonchev–Trinajstić information content (AvgIpc) is 3.13. The predicted molar refractivity (Wildman–Crippen MR) is 112 cm³/mol. The maximum Gasteiger partial charge on any atom is 0.251 e. The van der Waals surface area contributed by atoms with Crippen LogP contribution in [-0.2, 0) is 13.1 Å². The molecule has 0 bridgehead atoms. The van der Waals surface area contributed by atoms with Gasteiger partial charge in [0.15, 0.2) is 5.96 Å². The molecule has 1 aromatic carbocycles. The van der Waals surface area contributed by atoms with Crippen LogP contribution in [0.2, 0.25) is 0 Å². The van der Waals surface area contributed by atoms with E-state index < -0.39 is 0 Å². The third-order valence-electron chi connectivity index (χ3n) is 3.54. The highest BCUT2D eigenvalue weighted by molar-refractivity contribution is 14.0. The van der Waals surface area contributed by atoms with Gasteiger partial charge in [0.2, 0.25) is 0 Å². The molecule has 1 heterocycles. The molecule has 6 nitrogen and oxygen atoms in total. The van der Waals surface area contributed by atoms with Gasteiger partial charge in [-0.3, -0.25) is 4.79 Å². The van der Waals surface area contributed by atoms with Crippen LogP contribution in [0.1, 0.15) is 22.8 Å². The van der Waals surface area contributed by atoms with Gasteiger partial charge in [-0.1, -0.05) is 12.1 Å². The van der Waals surface area contributed by atoms with E-state index in [1.165, 1.54) is 0 Å². The molecule has 0 radical (unpaired) electrons. The maximum absolute atomic E-state index is 11.5. The molecule has 0 fully saturated rings. The highest BCUT2D eigenvalue weighted by Crippen LogP contribution is 2.05. The van der Waals surface area contributed by atoms with Crippen molar-refractivity contribution in [1.82, 2.24) is 20.5 Å². The van der Waals surface area contributed by atoms with Gasteiger partial charge in [0.25, 0.3) is 5.91 Å². The fourth-order valence-corrected chi connectivity index (χ4v) is 2.24. The molecular formula is C18H26IN5O. The zero-order valence-electron chi connectivity index (χ0n) is 14.7. The molecule has 0 aliphatic carbocycles. The smallest absolute Gasteiger partial charge is 0.251 e. The Kier molecular flexibility index (Phi) is 9.68. The monoisotopic (exact) mass is 455 g/mol. The Morgan fingerprint density at radius 2 is 1.80 bits per heavy atom. The SMILES string of the molecule is CCNC(=NCc1ccc(C(=O)NC)cc1)NCCn1cccc1.I. The number of hydrogen-bond acceptors (Lipinski definition) is 2. The van der Waals surface area contributed by atoms with Crippen LogP contribution in [0.5, 0.6) is 0 Å². The first-order valence-corrected chi connectivity index (χ1v) is 8.17. The Morgan fingerprint density at radius 3 is 2.40 bits per heavy atom. The number of amides is 1. The molecule has 0 spiro atoms. The van der Waals surface area contributed by atoms with Crippen molar-refractivity contribution in [2.24, 2.45) is 4.99 Å². The number of guanidine groups is 1. The Morgan fingerprint density at radius 1 is 1.12 bits per heavy atom. The number of nitrogens with zero attached hydrogens (tertiary/aromatic N) is 2. The molecule has 1 aromatic heterocycles. The molecule has 136 valence electrons. The molecule has 0 saturated heterocycles. The lowest BCUT2D eigenvalue weighted by Crippen LogP contribution is -2.38. The number of rotatable bonds is 7. The van der Waals surface area contributed by atoms with Crippen molar-refractivity contribution in [2.45, 2.75) is 20.0 Å². The molecule has 0 aliphatic rings. The minimum Gasteiger partial charge on any atom is -0.357 e. The van der Waals surface area contributed by atoms with Crippen molar-refractivity contribution in [3.05, 3.63) is 59.9 Å². The van der Waals surface area contributed by atoms with Gasteiger partial charge in [-0.05, 0) is 36.8 Å². The first kappa shape index (κ1) is 21.0. The number of hydrogen-bond donors (Lipinski definition) is 3. The van der Waals surface area contributed by atoms with Crippen LogP contribution < -0.4 is 16.0 Å². The Balaban J connectivity index is 0.00000312. The van der Waals surface area contributed by atoms with E-state index in [1.54, 1.807) is 7.05 Å². The molecule has 0 saturated carbocycles. The molecule has 3 N–H and O–H groups in total. The van der Waals surface area contributed by atoms with E-state index in [4.69, 9.17) is 0 Å². The maximum atomic E-state index is 11.5. The van der Waals surface area contributed by atoms with E-state index in [2.05, 4.69) is 25.5 Å². The highest BCUT2D eigenvalue weighted by Gasteiger charge is 2.02. The summed E-state index contributed by atoms with van der Waals surface area (Å²) in [6.07, 6.45) is 4.08. The van der Waals surface area contributed by atoms with Crippen molar-refractivity contribution in [3.8, 4) is 0 Å². The lowest BCUT2D eigenvalue weighted by Gasteiger charge is -2.12. The molecule has 0 aliphatic heterocycles. The first-order chi connectivity index (χ1) is 11.7. The van der Waals surface area contributed by atoms with Crippen molar-refractivity contribution in [2.75, 3.05) is 20.1 Å². The van der Waals surface area contributed by atoms with Crippen molar-refractivity contribution in [3.63, 3.8) is 0 Å². The van der Waals surface area contributed by atoms with Gasteiger partial charge in [-0.2, -0.15) is 0 Å². The lowest BCUT2D eigenvalue weighted by atomic mass is 10.1. The second-order valence-electron chi connectivity index (χ2n) is 5.32. The summed E-state index contributed by atoms with van der Waals surface area (Å²) in [5.41, 5.74) is 1.72. The fraction of sp³-hybridized carbons (Fsp3) is 0.333. The second kappa shape index (κ2) is 11.5. The Bertz CT molecular complexity index is 653.